The molecule has 1 unspecified atom stereocenters. The lowest BCUT2D eigenvalue weighted by atomic mass is 9.76. The Labute approximate surface area is 143 Å². The van der Waals surface area contributed by atoms with Crippen LogP contribution in [0.15, 0.2) is 0 Å². The van der Waals surface area contributed by atoms with Crippen molar-refractivity contribution in [2.75, 3.05) is 13.2 Å². The van der Waals surface area contributed by atoms with Gasteiger partial charge in [-0.15, -0.1) is 0 Å². The third-order valence-electron chi connectivity index (χ3n) is 6.09. The Morgan fingerprint density at radius 1 is 1.25 bits per heavy atom. The van der Waals surface area contributed by atoms with Crippen molar-refractivity contribution in [1.82, 2.24) is 9.88 Å². The molecule has 2 fully saturated rings. The zero-order valence-corrected chi connectivity index (χ0v) is 14.9. The summed E-state index contributed by atoms with van der Waals surface area (Å²) in [6.45, 7) is 5.92. The van der Waals surface area contributed by atoms with E-state index >= 15 is 0 Å². The van der Waals surface area contributed by atoms with Crippen LogP contribution in [-0.2, 0) is 0 Å². The van der Waals surface area contributed by atoms with Gasteiger partial charge in [0.05, 0.1) is 12.6 Å². The number of aromatic amines is 1. The molecule has 1 spiro atoms. The van der Waals surface area contributed by atoms with Crippen molar-refractivity contribution in [1.29, 1.82) is 0 Å². The van der Waals surface area contributed by atoms with Crippen LogP contribution in [0.2, 0.25) is 0 Å². The molecule has 2 heterocycles. The van der Waals surface area contributed by atoms with Crippen LogP contribution < -0.4 is 0 Å². The number of Topliss-reactive ketones (excluding diaryl/α,β-unsaturated/α-hetero) is 1. The Balaban J connectivity index is 1.92. The van der Waals surface area contributed by atoms with E-state index in [9.17, 15) is 14.7 Å². The van der Waals surface area contributed by atoms with Gasteiger partial charge in [-0.3, -0.25) is 9.59 Å². The topological polar surface area (TPSA) is 73.4 Å². The smallest absolute Gasteiger partial charge is 0.270 e. The molecular formula is C19H28N2O3. The number of hydrogen-bond donors (Lipinski definition) is 2. The molecule has 5 nitrogen and oxygen atoms in total. The van der Waals surface area contributed by atoms with Crippen LogP contribution in [0.1, 0.15) is 77.6 Å². The second-order valence-corrected chi connectivity index (χ2v) is 7.70. The third-order valence-corrected chi connectivity index (χ3v) is 6.09. The monoisotopic (exact) mass is 332 g/mol. The largest absolute Gasteiger partial charge is 0.394 e. The van der Waals surface area contributed by atoms with Gasteiger partial charge >= 0.3 is 0 Å². The quantitative estimate of drug-likeness (QED) is 0.836. The summed E-state index contributed by atoms with van der Waals surface area (Å²) in [7, 11) is 0. The summed E-state index contributed by atoms with van der Waals surface area (Å²) in [4.78, 5) is 30.0. The summed E-state index contributed by atoms with van der Waals surface area (Å²) in [6.07, 6.45) is 6.79. The van der Waals surface area contributed by atoms with Gasteiger partial charge in [0.15, 0.2) is 5.78 Å². The number of aromatic nitrogens is 1. The molecule has 3 rings (SSSR count). The van der Waals surface area contributed by atoms with E-state index in [4.69, 9.17) is 0 Å². The van der Waals surface area contributed by atoms with E-state index in [0.717, 1.165) is 30.6 Å². The Morgan fingerprint density at radius 2 is 1.92 bits per heavy atom. The minimum absolute atomic E-state index is 0.000123. The van der Waals surface area contributed by atoms with Crippen LogP contribution in [0.3, 0.4) is 0 Å². The number of aliphatic hydroxyl groups is 1. The van der Waals surface area contributed by atoms with Gasteiger partial charge in [-0.05, 0) is 57.4 Å². The third kappa shape index (κ3) is 2.79. The average Bonchev–Trinajstić information content (AvgIpc) is 3.11. The summed E-state index contributed by atoms with van der Waals surface area (Å²) in [5.74, 6) is -0.0990. The van der Waals surface area contributed by atoms with Gasteiger partial charge in [0.2, 0.25) is 0 Å². The zero-order valence-electron chi connectivity index (χ0n) is 14.9. The number of nitrogens with one attached hydrogen (secondary N) is 1. The number of amides is 1. The molecule has 0 radical (unpaired) electrons. The summed E-state index contributed by atoms with van der Waals surface area (Å²) in [5.41, 5.74) is 2.84. The van der Waals surface area contributed by atoms with E-state index in [0.29, 0.717) is 11.3 Å². The first-order chi connectivity index (χ1) is 11.4. The number of aliphatic hydroxyl groups excluding tert-OH is 1. The number of carbonyl (C=O) groups is 2. The maximum Gasteiger partial charge on any atom is 0.270 e. The molecule has 1 aromatic heterocycles. The molecule has 1 aliphatic heterocycles. The number of ketones is 1. The maximum atomic E-state index is 13.2. The van der Waals surface area contributed by atoms with Gasteiger partial charge in [-0.1, -0.05) is 12.8 Å². The van der Waals surface area contributed by atoms with E-state index in [1.165, 1.54) is 32.6 Å². The number of nitrogens with zero attached hydrogens (tertiary/aromatic N) is 1. The van der Waals surface area contributed by atoms with Gasteiger partial charge in [-0.2, -0.15) is 0 Å². The van der Waals surface area contributed by atoms with Crippen LogP contribution in [-0.4, -0.2) is 45.9 Å². The van der Waals surface area contributed by atoms with E-state index in [2.05, 4.69) is 4.98 Å². The number of carbonyl (C=O) groups excluding carboxylic acids is 2. The van der Waals surface area contributed by atoms with Crippen molar-refractivity contribution in [3.8, 4) is 0 Å². The van der Waals surface area contributed by atoms with Crippen molar-refractivity contribution in [2.24, 2.45) is 5.41 Å². The highest BCUT2D eigenvalue weighted by atomic mass is 16.3. The Hall–Kier alpha value is -1.62. The van der Waals surface area contributed by atoms with Gasteiger partial charge in [0.1, 0.15) is 5.69 Å². The molecule has 2 aliphatic rings. The van der Waals surface area contributed by atoms with E-state index in [-0.39, 0.29) is 29.8 Å². The number of H-pyrrole nitrogens is 1. The number of piperidine rings is 1. The van der Waals surface area contributed by atoms with Gasteiger partial charge in [-0.25, -0.2) is 0 Å². The minimum Gasteiger partial charge on any atom is -0.394 e. The van der Waals surface area contributed by atoms with Crippen molar-refractivity contribution < 1.29 is 14.7 Å². The van der Waals surface area contributed by atoms with Gasteiger partial charge < -0.3 is 15.0 Å². The molecule has 1 aromatic rings. The predicted molar refractivity (Wildman–Crippen MR) is 92.3 cm³/mol. The molecule has 1 atom stereocenters. The lowest BCUT2D eigenvalue weighted by molar-refractivity contribution is 0.0161. The lowest BCUT2D eigenvalue weighted by Gasteiger charge is -2.45. The molecule has 132 valence electrons. The first-order valence-electron chi connectivity index (χ1n) is 9.00. The maximum absolute atomic E-state index is 13.2. The predicted octanol–water partition coefficient (Wildman–Crippen LogP) is 2.99. The van der Waals surface area contributed by atoms with E-state index in [1.54, 1.807) is 0 Å². The summed E-state index contributed by atoms with van der Waals surface area (Å²) in [5, 5.41) is 9.75. The first-order valence-corrected chi connectivity index (χ1v) is 9.00. The summed E-state index contributed by atoms with van der Waals surface area (Å²) >= 11 is 0. The molecule has 1 saturated carbocycles. The Kier molecular flexibility index (Phi) is 4.56. The number of hydrogen-bond acceptors (Lipinski definition) is 3. The molecule has 5 heteroatoms. The van der Waals surface area contributed by atoms with Crippen LogP contribution in [0.25, 0.3) is 0 Å². The number of rotatable bonds is 3. The normalized spacial score (nSPS) is 23.0. The van der Waals surface area contributed by atoms with Crippen molar-refractivity contribution >= 4 is 11.7 Å². The van der Waals surface area contributed by atoms with Crippen molar-refractivity contribution in [2.45, 2.75) is 65.3 Å². The van der Waals surface area contributed by atoms with E-state index < -0.39 is 0 Å². The first kappa shape index (κ1) is 17.2. The fourth-order valence-corrected chi connectivity index (χ4v) is 4.79. The fourth-order valence-electron chi connectivity index (χ4n) is 4.79. The molecule has 0 aromatic carbocycles. The SMILES string of the molecule is CC(=O)c1c(C)[nH]c(C(=O)N2CC3(CCCC3)CCC2CO)c1C. The molecule has 1 saturated heterocycles. The fraction of sp³-hybridized carbons (Fsp3) is 0.684. The Morgan fingerprint density at radius 3 is 2.46 bits per heavy atom. The molecule has 2 N–H and O–H groups in total. The second kappa shape index (κ2) is 6.36. The molecule has 24 heavy (non-hydrogen) atoms. The standard InChI is InChI=1S/C19H28N2O3/c1-12-16(14(3)23)13(2)20-17(12)18(24)21-11-19(7-4-5-8-19)9-6-15(21)10-22/h15,20,22H,4-11H2,1-3H3. The van der Waals surface area contributed by atoms with E-state index in [1.807, 2.05) is 18.7 Å². The highest BCUT2D eigenvalue weighted by Crippen LogP contribution is 2.46. The van der Waals surface area contributed by atoms with Crippen LogP contribution in [0, 0.1) is 19.3 Å². The molecule has 0 bridgehead atoms. The van der Waals surface area contributed by atoms with Crippen LogP contribution >= 0.6 is 0 Å². The highest BCUT2D eigenvalue weighted by molar-refractivity contribution is 6.02. The second-order valence-electron chi connectivity index (χ2n) is 7.70. The zero-order chi connectivity index (χ0) is 17.5. The van der Waals surface area contributed by atoms with Crippen molar-refractivity contribution in [3.63, 3.8) is 0 Å². The van der Waals surface area contributed by atoms with Crippen LogP contribution in [0.4, 0.5) is 0 Å². The summed E-state index contributed by atoms with van der Waals surface area (Å²) in [6, 6.07) is -0.118. The lowest BCUT2D eigenvalue weighted by Crippen LogP contribution is -2.52. The van der Waals surface area contributed by atoms with Gasteiger partial charge in [0, 0.05) is 17.8 Å². The highest BCUT2D eigenvalue weighted by Gasteiger charge is 2.43. The minimum atomic E-state index is -0.118. The van der Waals surface area contributed by atoms with Gasteiger partial charge in [0.25, 0.3) is 5.91 Å². The van der Waals surface area contributed by atoms with Crippen molar-refractivity contribution in [3.05, 3.63) is 22.5 Å². The molecular weight excluding hydrogens is 304 g/mol. The molecule has 1 aliphatic carbocycles. The molecule has 1 amide bonds. The van der Waals surface area contributed by atoms with Crippen LogP contribution in [0.5, 0.6) is 0 Å². The number of likely N-dealkylation sites (tertiary alicyclic amines) is 1. The number of aryl methyl sites for hydroxylation is 1. The average molecular weight is 332 g/mol. The Bertz CT molecular complexity index is 656. The summed E-state index contributed by atoms with van der Waals surface area (Å²) < 4.78 is 0.